The number of carbonyl (C=O) groups excluding carboxylic acids is 3. The van der Waals surface area contributed by atoms with Gasteiger partial charge in [-0.3, -0.25) is 13.8 Å². The number of ketones is 1. The molecule has 1 saturated heterocycles. The Morgan fingerprint density at radius 2 is 1.97 bits per heavy atom. The van der Waals surface area contributed by atoms with Crippen molar-refractivity contribution in [3.8, 4) is 0 Å². The van der Waals surface area contributed by atoms with Crippen LogP contribution in [0.2, 0.25) is 0 Å². The van der Waals surface area contributed by atoms with Crippen LogP contribution in [0.25, 0.3) is 0 Å². The third-order valence-electron chi connectivity index (χ3n) is 8.08. The van der Waals surface area contributed by atoms with E-state index in [1.807, 2.05) is 13.0 Å². The smallest absolute Gasteiger partial charge is 0.335 e. The fraction of sp³-hybridized carbons (Fsp3) is 0.741. The molecule has 2 unspecified atom stereocenters. The van der Waals surface area contributed by atoms with Gasteiger partial charge >= 0.3 is 5.97 Å². The number of Topliss-reactive ketones (excluding diaryl/α,β-unsaturated/α-hetero) is 1. The molecule has 0 saturated carbocycles. The van der Waals surface area contributed by atoms with Gasteiger partial charge in [0.25, 0.3) is 0 Å². The van der Waals surface area contributed by atoms with Gasteiger partial charge in [-0.1, -0.05) is 44.1 Å². The van der Waals surface area contributed by atoms with E-state index in [9.17, 15) is 23.7 Å². The molecule has 0 aromatic carbocycles. The topological polar surface area (TPSA) is 110 Å². The summed E-state index contributed by atoms with van der Waals surface area (Å²) in [5.74, 6) is -1.45. The van der Waals surface area contributed by atoms with E-state index in [0.29, 0.717) is 18.8 Å². The predicted octanol–water partition coefficient (Wildman–Crippen LogP) is 3.09. The van der Waals surface area contributed by atoms with Crippen molar-refractivity contribution >= 4 is 28.5 Å². The van der Waals surface area contributed by atoms with Crippen LogP contribution in [0.15, 0.2) is 23.3 Å². The molecule has 3 rings (SSSR count). The first-order valence-corrected chi connectivity index (χ1v) is 14.2. The van der Waals surface area contributed by atoms with Gasteiger partial charge in [0.05, 0.1) is 12.4 Å². The molecule has 8 heteroatoms. The number of allylic oxidation sites excluding steroid dienone is 4. The summed E-state index contributed by atoms with van der Waals surface area (Å²) in [4.78, 5) is 39.8. The van der Waals surface area contributed by atoms with Crippen LogP contribution in [0.4, 0.5) is 0 Å². The normalized spacial score (nSPS) is 36.4. The Hall–Kier alpha value is -1.80. The van der Waals surface area contributed by atoms with Crippen molar-refractivity contribution in [3.63, 3.8) is 0 Å². The van der Waals surface area contributed by atoms with E-state index in [2.05, 4.69) is 39.1 Å². The molecule has 2 N–H and O–H groups in total. The summed E-state index contributed by atoms with van der Waals surface area (Å²) >= 11 is 0. The van der Waals surface area contributed by atoms with Gasteiger partial charge in [0.1, 0.15) is 5.41 Å². The first-order chi connectivity index (χ1) is 16.4. The highest BCUT2D eigenvalue weighted by Gasteiger charge is 2.65. The van der Waals surface area contributed by atoms with Gasteiger partial charge in [-0.25, -0.2) is 4.79 Å². The van der Waals surface area contributed by atoms with Crippen LogP contribution in [-0.4, -0.2) is 56.7 Å². The molecule has 1 heterocycles. The number of ether oxygens (including phenoxy) is 1. The number of nitrogens with one attached hydrogen (secondary N) is 1. The Morgan fingerprint density at radius 1 is 1.29 bits per heavy atom. The van der Waals surface area contributed by atoms with Crippen LogP contribution in [0.1, 0.15) is 67.2 Å². The Morgan fingerprint density at radius 3 is 2.60 bits per heavy atom. The van der Waals surface area contributed by atoms with Crippen LogP contribution in [0.3, 0.4) is 0 Å². The van der Waals surface area contributed by atoms with Crippen molar-refractivity contribution in [2.45, 2.75) is 84.6 Å². The first kappa shape index (κ1) is 27.8. The SMILES string of the molecule is CCOC(=O)C(O)CS(=O)[C@H]1C/C=C(/C)C[C@H]2C=C(C)[C@@H](C)[C@H]3[C@H](CC(C)C)NC(=O)[C@@]32C(=O)C1. The average molecular weight is 508 g/mol. The Labute approximate surface area is 211 Å². The monoisotopic (exact) mass is 507 g/mol. The summed E-state index contributed by atoms with van der Waals surface area (Å²) in [6.45, 7) is 12.2. The minimum absolute atomic E-state index is 0.0274. The zero-order chi connectivity index (χ0) is 26.1. The van der Waals surface area contributed by atoms with E-state index < -0.39 is 33.5 Å². The second-order valence-corrected chi connectivity index (χ2v) is 12.7. The van der Waals surface area contributed by atoms with Gasteiger partial charge in [-0.15, -0.1) is 0 Å². The second kappa shape index (κ2) is 11.1. The van der Waals surface area contributed by atoms with Gasteiger partial charge in [0.15, 0.2) is 11.9 Å². The summed E-state index contributed by atoms with van der Waals surface area (Å²) in [6.07, 6.45) is 4.37. The van der Waals surface area contributed by atoms with E-state index in [4.69, 9.17) is 4.74 Å². The molecule has 8 atom stereocenters. The van der Waals surface area contributed by atoms with Crippen LogP contribution in [-0.2, 0) is 29.9 Å². The van der Waals surface area contributed by atoms with Gasteiger partial charge in [-0.05, 0) is 51.9 Å². The molecular formula is C27H41NO6S. The van der Waals surface area contributed by atoms with Crippen LogP contribution >= 0.6 is 0 Å². The lowest BCUT2D eigenvalue weighted by atomic mass is 9.54. The van der Waals surface area contributed by atoms with Crippen molar-refractivity contribution in [1.82, 2.24) is 5.32 Å². The summed E-state index contributed by atoms with van der Waals surface area (Å²) in [5.41, 5.74) is 1.06. The van der Waals surface area contributed by atoms with Gasteiger partial charge in [0, 0.05) is 40.3 Å². The second-order valence-electron chi connectivity index (χ2n) is 11.0. The summed E-state index contributed by atoms with van der Waals surface area (Å²) in [5, 5.41) is 12.8. The lowest BCUT2D eigenvalue weighted by Gasteiger charge is -2.46. The lowest BCUT2D eigenvalue weighted by molar-refractivity contribution is -0.151. The third kappa shape index (κ3) is 5.33. The number of rotatable bonds is 7. The van der Waals surface area contributed by atoms with Crippen molar-refractivity contribution in [2.24, 2.45) is 29.1 Å². The number of carbonyl (C=O) groups is 3. The molecule has 0 aromatic heterocycles. The van der Waals surface area contributed by atoms with E-state index in [1.165, 1.54) is 5.57 Å². The molecule has 7 nitrogen and oxygen atoms in total. The Balaban J connectivity index is 2.00. The molecule has 0 aromatic rings. The highest BCUT2D eigenvalue weighted by Crippen LogP contribution is 2.56. The van der Waals surface area contributed by atoms with E-state index >= 15 is 0 Å². The highest BCUT2D eigenvalue weighted by atomic mass is 32.2. The maximum atomic E-state index is 14.2. The molecular weight excluding hydrogens is 466 g/mol. The average Bonchev–Trinajstić information content (AvgIpc) is 3.08. The zero-order valence-corrected chi connectivity index (χ0v) is 22.7. The molecule has 0 bridgehead atoms. The lowest BCUT2D eigenvalue weighted by Crippen LogP contribution is -2.53. The van der Waals surface area contributed by atoms with E-state index in [1.54, 1.807) is 6.92 Å². The third-order valence-corrected chi connectivity index (χ3v) is 9.83. The molecule has 196 valence electrons. The molecule has 0 radical (unpaired) electrons. The number of hydrogen-bond donors (Lipinski definition) is 2. The fourth-order valence-corrected chi connectivity index (χ4v) is 7.73. The minimum Gasteiger partial charge on any atom is -0.464 e. The number of aliphatic hydroxyl groups is 1. The highest BCUT2D eigenvalue weighted by molar-refractivity contribution is 7.85. The Bertz CT molecular complexity index is 940. The maximum absolute atomic E-state index is 14.2. The van der Waals surface area contributed by atoms with Crippen LogP contribution in [0, 0.1) is 29.1 Å². The summed E-state index contributed by atoms with van der Waals surface area (Å²) < 4.78 is 18.1. The Kier molecular flexibility index (Phi) is 8.79. The maximum Gasteiger partial charge on any atom is 0.335 e. The van der Waals surface area contributed by atoms with Crippen LogP contribution < -0.4 is 5.32 Å². The largest absolute Gasteiger partial charge is 0.464 e. The number of esters is 1. The van der Waals surface area contributed by atoms with E-state index in [0.717, 1.165) is 12.0 Å². The summed E-state index contributed by atoms with van der Waals surface area (Å²) in [6, 6.07) is -0.0905. The quantitative estimate of drug-likeness (QED) is 0.311. The molecule has 2 aliphatic carbocycles. The molecule has 1 fully saturated rings. The summed E-state index contributed by atoms with van der Waals surface area (Å²) in [7, 11) is -1.65. The molecule has 35 heavy (non-hydrogen) atoms. The zero-order valence-electron chi connectivity index (χ0n) is 21.8. The number of hydrogen-bond acceptors (Lipinski definition) is 6. The number of aliphatic hydroxyl groups excluding tert-OH is 1. The van der Waals surface area contributed by atoms with Gasteiger partial charge in [0.2, 0.25) is 5.91 Å². The molecule has 1 spiro atoms. The van der Waals surface area contributed by atoms with Gasteiger partial charge in [-0.2, -0.15) is 0 Å². The van der Waals surface area contributed by atoms with E-state index in [-0.39, 0.29) is 54.3 Å². The fourth-order valence-electron chi connectivity index (χ4n) is 6.36. The molecule has 1 aliphatic heterocycles. The van der Waals surface area contributed by atoms with Gasteiger partial charge < -0.3 is 15.2 Å². The van der Waals surface area contributed by atoms with Crippen molar-refractivity contribution < 1.29 is 28.4 Å². The van der Waals surface area contributed by atoms with Crippen molar-refractivity contribution in [3.05, 3.63) is 23.3 Å². The molecule has 1 amide bonds. The predicted molar refractivity (Wildman–Crippen MR) is 136 cm³/mol. The standard InChI is InChI=1S/C27H41NO6S/c1-7-34-25(31)22(29)14-35(33)20-9-8-16(4)11-19-12-17(5)18(6)24-21(10-15(2)3)28-26(32)27(19,24)23(30)13-20/h8,12,15,18-22,24,29H,7,9-11,13-14H2,1-6H3,(H,28,32)/b16-8-/t18-,19+,20+,21+,22?,24+,27+,35?/m1/s1. The van der Waals surface area contributed by atoms with Crippen molar-refractivity contribution in [1.29, 1.82) is 0 Å². The minimum atomic E-state index is -1.65. The van der Waals surface area contributed by atoms with Crippen molar-refractivity contribution in [2.75, 3.05) is 12.4 Å². The van der Waals surface area contributed by atoms with Crippen LogP contribution in [0.5, 0.6) is 0 Å². The first-order valence-electron chi connectivity index (χ1n) is 12.8. The number of amides is 1. The molecule has 3 aliphatic rings.